The molecule has 0 aliphatic heterocycles. The molecule has 0 saturated heterocycles. The summed E-state index contributed by atoms with van der Waals surface area (Å²) >= 11 is 3.41. The maximum atomic E-state index is 12.5. The van der Waals surface area contributed by atoms with Crippen LogP contribution in [0.1, 0.15) is 21.5 Å². The summed E-state index contributed by atoms with van der Waals surface area (Å²) < 4.78 is 12.0. The number of para-hydroxylation sites is 1. The van der Waals surface area contributed by atoms with Gasteiger partial charge in [0.25, 0.3) is 5.91 Å². The zero-order valence-electron chi connectivity index (χ0n) is 15.3. The van der Waals surface area contributed by atoms with Gasteiger partial charge in [0.05, 0.1) is 18.9 Å². The van der Waals surface area contributed by atoms with Crippen molar-refractivity contribution in [3.63, 3.8) is 0 Å². The molecule has 0 unspecified atom stereocenters. The molecule has 0 fully saturated rings. The SMILES string of the molecule is COc1ccc(/C=N\NC(=O)c2ccccc2OCc2ccc(Br)cc2)cc1. The van der Waals surface area contributed by atoms with Crippen LogP contribution < -0.4 is 14.9 Å². The summed E-state index contributed by atoms with van der Waals surface area (Å²) in [6.07, 6.45) is 1.57. The molecule has 0 aliphatic carbocycles. The van der Waals surface area contributed by atoms with Gasteiger partial charge in [-0.1, -0.05) is 40.2 Å². The zero-order chi connectivity index (χ0) is 19.8. The van der Waals surface area contributed by atoms with Crippen LogP contribution in [-0.4, -0.2) is 19.2 Å². The molecule has 0 bridgehead atoms. The lowest BCUT2D eigenvalue weighted by Crippen LogP contribution is -2.18. The van der Waals surface area contributed by atoms with Gasteiger partial charge in [0.2, 0.25) is 0 Å². The van der Waals surface area contributed by atoms with Crippen LogP contribution in [0.3, 0.4) is 0 Å². The highest BCUT2D eigenvalue weighted by atomic mass is 79.9. The van der Waals surface area contributed by atoms with Crippen molar-refractivity contribution in [3.05, 3.63) is 94.0 Å². The minimum Gasteiger partial charge on any atom is -0.497 e. The van der Waals surface area contributed by atoms with Gasteiger partial charge in [0, 0.05) is 4.47 Å². The Labute approximate surface area is 172 Å². The monoisotopic (exact) mass is 438 g/mol. The molecule has 1 amide bonds. The predicted molar refractivity (Wildman–Crippen MR) is 113 cm³/mol. The van der Waals surface area contributed by atoms with Gasteiger partial charge in [-0.3, -0.25) is 4.79 Å². The van der Waals surface area contributed by atoms with Crippen LogP contribution in [0.2, 0.25) is 0 Å². The Bertz CT molecular complexity index is 954. The normalized spacial score (nSPS) is 10.6. The van der Waals surface area contributed by atoms with Gasteiger partial charge in [-0.2, -0.15) is 5.10 Å². The summed E-state index contributed by atoms with van der Waals surface area (Å²) in [6.45, 7) is 0.368. The number of nitrogens with one attached hydrogen (secondary N) is 1. The Morgan fingerprint density at radius 3 is 2.46 bits per heavy atom. The summed E-state index contributed by atoms with van der Waals surface area (Å²) in [5.74, 6) is 0.928. The highest BCUT2D eigenvalue weighted by Gasteiger charge is 2.11. The van der Waals surface area contributed by atoms with E-state index in [2.05, 4.69) is 26.5 Å². The number of hydrogen-bond donors (Lipinski definition) is 1. The molecule has 0 aliphatic rings. The van der Waals surface area contributed by atoms with Crippen LogP contribution in [0.4, 0.5) is 0 Å². The van der Waals surface area contributed by atoms with Gasteiger partial charge < -0.3 is 9.47 Å². The molecule has 1 N–H and O–H groups in total. The van der Waals surface area contributed by atoms with E-state index < -0.39 is 0 Å². The Balaban J connectivity index is 1.62. The molecule has 3 rings (SSSR count). The fourth-order valence-electron chi connectivity index (χ4n) is 2.44. The first-order valence-electron chi connectivity index (χ1n) is 8.59. The van der Waals surface area contributed by atoms with Crippen LogP contribution in [0.25, 0.3) is 0 Å². The Morgan fingerprint density at radius 2 is 1.75 bits per heavy atom. The number of amides is 1. The summed E-state index contributed by atoms with van der Waals surface area (Å²) in [7, 11) is 1.61. The van der Waals surface area contributed by atoms with Gasteiger partial charge in [-0.15, -0.1) is 0 Å². The fraction of sp³-hybridized carbons (Fsp3) is 0.0909. The molecule has 0 spiro atoms. The standard InChI is InChI=1S/C22H19BrN2O3/c1-27-19-12-8-16(9-13-19)14-24-25-22(26)20-4-2-3-5-21(20)28-15-17-6-10-18(23)11-7-17/h2-14H,15H2,1H3,(H,25,26)/b24-14-. The molecule has 0 radical (unpaired) electrons. The molecule has 0 atom stereocenters. The van der Waals surface area contributed by atoms with Crippen molar-refractivity contribution in [1.82, 2.24) is 5.43 Å². The molecule has 3 aromatic rings. The number of hydrogen-bond acceptors (Lipinski definition) is 4. The number of rotatable bonds is 7. The minimum atomic E-state index is -0.337. The van der Waals surface area contributed by atoms with Gasteiger partial charge in [0.1, 0.15) is 18.1 Å². The molecule has 28 heavy (non-hydrogen) atoms. The Morgan fingerprint density at radius 1 is 1.04 bits per heavy atom. The van der Waals surface area contributed by atoms with E-state index in [4.69, 9.17) is 9.47 Å². The molecule has 142 valence electrons. The van der Waals surface area contributed by atoms with E-state index in [9.17, 15) is 4.79 Å². The average molecular weight is 439 g/mol. The van der Waals surface area contributed by atoms with Crippen molar-refractivity contribution >= 4 is 28.1 Å². The van der Waals surface area contributed by atoms with Crippen LogP contribution in [0.15, 0.2) is 82.4 Å². The average Bonchev–Trinajstić information content (AvgIpc) is 2.74. The number of carbonyl (C=O) groups is 1. The highest BCUT2D eigenvalue weighted by Crippen LogP contribution is 2.20. The number of methoxy groups -OCH3 is 1. The number of carbonyl (C=O) groups excluding carboxylic acids is 1. The van der Waals surface area contributed by atoms with Crippen LogP contribution in [0.5, 0.6) is 11.5 Å². The molecule has 0 heterocycles. The topological polar surface area (TPSA) is 59.9 Å². The van der Waals surface area contributed by atoms with Gasteiger partial charge >= 0.3 is 0 Å². The van der Waals surface area contributed by atoms with Gasteiger partial charge in [0.15, 0.2) is 0 Å². The first-order chi connectivity index (χ1) is 13.7. The molecular weight excluding hydrogens is 420 g/mol. The van der Waals surface area contributed by atoms with Crippen LogP contribution in [-0.2, 0) is 6.61 Å². The Hall–Kier alpha value is -3.12. The molecular formula is C22H19BrN2O3. The van der Waals surface area contributed by atoms with Gasteiger partial charge in [-0.05, 0) is 59.7 Å². The summed E-state index contributed by atoms with van der Waals surface area (Å²) in [6, 6.07) is 22.3. The first kappa shape index (κ1) is 19.6. The summed E-state index contributed by atoms with van der Waals surface area (Å²) in [5.41, 5.74) is 4.82. The molecule has 0 aromatic heterocycles. The number of benzene rings is 3. The second-order valence-corrected chi connectivity index (χ2v) is 6.80. The first-order valence-corrected chi connectivity index (χ1v) is 9.39. The summed E-state index contributed by atoms with van der Waals surface area (Å²) in [4.78, 5) is 12.5. The fourth-order valence-corrected chi connectivity index (χ4v) is 2.70. The lowest BCUT2D eigenvalue weighted by molar-refractivity contribution is 0.0950. The number of nitrogens with zero attached hydrogens (tertiary/aromatic N) is 1. The molecule has 6 heteroatoms. The van der Waals surface area contributed by atoms with Crippen molar-refractivity contribution in [2.75, 3.05) is 7.11 Å². The molecule has 5 nitrogen and oxygen atoms in total. The van der Waals surface area contributed by atoms with E-state index in [0.717, 1.165) is 21.3 Å². The van der Waals surface area contributed by atoms with E-state index in [-0.39, 0.29) is 5.91 Å². The second kappa shape index (κ2) is 9.71. The second-order valence-electron chi connectivity index (χ2n) is 5.88. The van der Waals surface area contributed by atoms with E-state index in [1.165, 1.54) is 0 Å². The van der Waals surface area contributed by atoms with Crippen molar-refractivity contribution in [2.45, 2.75) is 6.61 Å². The third kappa shape index (κ3) is 5.44. The third-order valence-corrected chi connectivity index (χ3v) is 4.46. The highest BCUT2D eigenvalue weighted by molar-refractivity contribution is 9.10. The lowest BCUT2D eigenvalue weighted by atomic mass is 10.2. The molecule has 3 aromatic carbocycles. The van der Waals surface area contributed by atoms with E-state index in [0.29, 0.717) is 17.9 Å². The minimum absolute atomic E-state index is 0.337. The predicted octanol–water partition coefficient (Wildman–Crippen LogP) is 4.80. The van der Waals surface area contributed by atoms with Crippen molar-refractivity contribution < 1.29 is 14.3 Å². The van der Waals surface area contributed by atoms with E-state index in [1.807, 2.05) is 54.6 Å². The quantitative estimate of drug-likeness (QED) is 0.425. The smallest absolute Gasteiger partial charge is 0.275 e. The van der Waals surface area contributed by atoms with Gasteiger partial charge in [-0.25, -0.2) is 5.43 Å². The number of hydrazone groups is 1. The lowest BCUT2D eigenvalue weighted by Gasteiger charge is -2.10. The maximum Gasteiger partial charge on any atom is 0.275 e. The van der Waals surface area contributed by atoms with Crippen molar-refractivity contribution in [1.29, 1.82) is 0 Å². The zero-order valence-corrected chi connectivity index (χ0v) is 16.8. The van der Waals surface area contributed by atoms with Crippen molar-refractivity contribution in [2.24, 2.45) is 5.10 Å². The molecule has 0 saturated carbocycles. The maximum absolute atomic E-state index is 12.5. The van der Waals surface area contributed by atoms with E-state index in [1.54, 1.807) is 31.5 Å². The van der Waals surface area contributed by atoms with Crippen molar-refractivity contribution in [3.8, 4) is 11.5 Å². The Kier molecular flexibility index (Phi) is 6.81. The third-order valence-electron chi connectivity index (χ3n) is 3.93. The number of halogens is 1. The van der Waals surface area contributed by atoms with Crippen LogP contribution in [0, 0.1) is 0 Å². The van der Waals surface area contributed by atoms with E-state index >= 15 is 0 Å². The number of ether oxygens (including phenoxy) is 2. The summed E-state index contributed by atoms with van der Waals surface area (Å²) in [5, 5.41) is 4.02. The largest absolute Gasteiger partial charge is 0.497 e. The van der Waals surface area contributed by atoms with Crippen LogP contribution >= 0.6 is 15.9 Å².